The molecule has 90 valence electrons. The van der Waals surface area contributed by atoms with Gasteiger partial charge in [0, 0.05) is 6.04 Å². The summed E-state index contributed by atoms with van der Waals surface area (Å²) in [7, 11) is 0. The van der Waals surface area contributed by atoms with E-state index in [0.29, 0.717) is 6.42 Å². The zero-order chi connectivity index (χ0) is 12.3. The van der Waals surface area contributed by atoms with Crippen LogP contribution >= 0.6 is 22.9 Å². The first kappa shape index (κ1) is 12.6. The van der Waals surface area contributed by atoms with Gasteiger partial charge in [-0.15, -0.1) is 0 Å². The molecular weight excluding hydrogens is 257 g/mol. The van der Waals surface area contributed by atoms with Crippen molar-refractivity contribution in [2.24, 2.45) is 5.73 Å². The maximum Gasteiger partial charge on any atom is 0.142 e. The number of rotatable bonds is 4. The van der Waals surface area contributed by atoms with Crippen molar-refractivity contribution in [3.05, 3.63) is 57.0 Å². The van der Waals surface area contributed by atoms with E-state index in [1.807, 2.05) is 11.4 Å². The first-order chi connectivity index (χ1) is 8.15. The predicted octanol–water partition coefficient (Wildman–Crippen LogP) is 3.65. The monoisotopic (exact) mass is 269 g/mol. The zero-order valence-electron chi connectivity index (χ0n) is 9.20. The third-order valence-corrected chi connectivity index (χ3v) is 3.60. The van der Waals surface area contributed by atoms with E-state index < -0.39 is 0 Å². The van der Waals surface area contributed by atoms with Crippen LogP contribution in [0.2, 0.25) is 5.02 Å². The van der Waals surface area contributed by atoms with Crippen molar-refractivity contribution in [2.45, 2.75) is 18.9 Å². The summed E-state index contributed by atoms with van der Waals surface area (Å²) in [6, 6.07) is 6.91. The van der Waals surface area contributed by atoms with E-state index in [4.69, 9.17) is 17.3 Å². The Bertz CT molecular complexity index is 484. The molecule has 1 aromatic carbocycles. The van der Waals surface area contributed by atoms with Gasteiger partial charge in [0.05, 0.1) is 5.02 Å². The second-order valence-electron chi connectivity index (χ2n) is 4.05. The number of nitrogens with two attached hydrogens (primary N) is 1. The van der Waals surface area contributed by atoms with Gasteiger partial charge < -0.3 is 5.73 Å². The largest absolute Gasteiger partial charge is 0.327 e. The zero-order valence-corrected chi connectivity index (χ0v) is 10.8. The van der Waals surface area contributed by atoms with Gasteiger partial charge in [0.2, 0.25) is 0 Å². The fourth-order valence-corrected chi connectivity index (χ4v) is 2.55. The SMILES string of the molecule is NC(Cc1ccsc1)Cc1ccc(Cl)c(F)c1. The Labute approximate surface area is 109 Å². The van der Waals surface area contributed by atoms with Crippen molar-refractivity contribution in [1.82, 2.24) is 0 Å². The van der Waals surface area contributed by atoms with Crippen LogP contribution in [0.25, 0.3) is 0 Å². The lowest BCUT2D eigenvalue weighted by Gasteiger charge is -2.11. The lowest BCUT2D eigenvalue weighted by atomic mass is 10.0. The minimum Gasteiger partial charge on any atom is -0.327 e. The van der Waals surface area contributed by atoms with Crippen LogP contribution in [-0.2, 0) is 12.8 Å². The minimum atomic E-state index is -0.382. The highest BCUT2D eigenvalue weighted by atomic mass is 35.5. The summed E-state index contributed by atoms with van der Waals surface area (Å²) in [5.41, 5.74) is 8.15. The average Bonchev–Trinajstić information content (AvgIpc) is 2.76. The first-order valence-corrected chi connectivity index (χ1v) is 6.68. The number of hydrogen-bond donors (Lipinski definition) is 1. The fourth-order valence-electron chi connectivity index (χ4n) is 1.75. The summed E-state index contributed by atoms with van der Waals surface area (Å²) in [6.07, 6.45) is 1.47. The third kappa shape index (κ3) is 3.53. The van der Waals surface area contributed by atoms with E-state index >= 15 is 0 Å². The van der Waals surface area contributed by atoms with Gasteiger partial charge >= 0.3 is 0 Å². The van der Waals surface area contributed by atoms with Crippen LogP contribution in [0.4, 0.5) is 4.39 Å². The Morgan fingerprint density at radius 3 is 2.65 bits per heavy atom. The van der Waals surface area contributed by atoms with Gasteiger partial charge in [-0.3, -0.25) is 0 Å². The van der Waals surface area contributed by atoms with Crippen LogP contribution in [0, 0.1) is 5.82 Å². The van der Waals surface area contributed by atoms with Gasteiger partial charge in [-0.05, 0) is 52.9 Å². The summed E-state index contributed by atoms with van der Waals surface area (Å²) in [5, 5.41) is 4.27. The van der Waals surface area contributed by atoms with Crippen LogP contribution in [0.15, 0.2) is 35.0 Å². The van der Waals surface area contributed by atoms with Gasteiger partial charge in [0.25, 0.3) is 0 Å². The average molecular weight is 270 g/mol. The van der Waals surface area contributed by atoms with E-state index in [9.17, 15) is 4.39 Å². The molecule has 0 aliphatic heterocycles. The normalized spacial score (nSPS) is 12.6. The second-order valence-corrected chi connectivity index (χ2v) is 5.24. The highest BCUT2D eigenvalue weighted by Crippen LogP contribution is 2.17. The van der Waals surface area contributed by atoms with Crippen molar-refractivity contribution in [2.75, 3.05) is 0 Å². The van der Waals surface area contributed by atoms with Gasteiger partial charge in [-0.2, -0.15) is 11.3 Å². The van der Waals surface area contributed by atoms with Crippen LogP contribution in [-0.4, -0.2) is 6.04 Å². The maximum atomic E-state index is 13.2. The molecule has 2 aromatic rings. The van der Waals surface area contributed by atoms with Crippen molar-refractivity contribution in [3.8, 4) is 0 Å². The lowest BCUT2D eigenvalue weighted by molar-refractivity contribution is 0.618. The Hall–Kier alpha value is -0.900. The molecular formula is C13H13ClFNS. The summed E-state index contributed by atoms with van der Waals surface area (Å²) >= 11 is 7.29. The van der Waals surface area contributed by atoms with Crippen LogP contribution in [0.3, 0.4) is 0 Å². The number of benzene rings is 1. The Morgan fingerprint density at radius 2 is 2.00 bits per heavy atom. The van der Waals surface area contributed by atoms with Gasteiger partial charge in [0.15, 0.2) is 0 Å². The van der Waals surface area contributed by atoms with E-state index in [1.165, 1.54) is 11.6 Å². The molecule has 17 heavy (non-hydrogen) atoms. The molecule has 0 aliphatic rings. The molecule has 2 rings (SSSR count). The lowest BCUT2D eigenvalue weighted by Crippen LogP contribution is -2.25. The Balaban J connectivity index is 1.98. The number of hydrogen-bond acceptors (Lipinski definition) is 2. The van der Waals surface area contributed by atoms with Crippen molar-refractivity contribution >= 4 is 22.9 Å². The molecule has 1 unspecified atom stereocenters. The molecule has 2 N–H and O–H groups in total. The third-order valence-electron chi connectivity index (χ3n) is 2.56. The summed E-state index contributed by atoms with van der Waals surface area (Å²) in [6.45, 7) is 0. The van der Waals surface area contributed by atoms with E-state index in [-0.39, 0.29) is 16.9 Å². The molecule has 0 bridgehead atoms. The smallest absolute Gasteiger partial charge is 0.142 e. The van der Waals surface area contributed by atoms with Crippen molar-refractivity contribution in [3.63, 3.8) is 0 Å². The van der Waals surface area contributed by atoms with Gasteiger partial charge in [0.1, 0.15) is 5.82 Å². The van der Waals surface area contributed by atoms with E-state index in [2.05, 4.69) is 11.4 Å². The maximum absolute atomic E-state index is 13.2. The fraction of sp³-hybridized carbons (Fsp3) is 0.231. The molecule has 0 spiro atoms. The summed E-state index contributed by atoms with van der Waals surface area (Å²) in [5.74, 6) is -0.382. The molecule has 1 atom stereocenters. The molecule has 1 aromatic heterocycles. The molecule has 0 aliphatic carbocycles. The topological polar surface area (TPSA) is 26.0 Å². The quantitative estimate of drug-likeness (QED) is 0.901. The van der Waals surface area contributed by atoms with Gasteiger partial charge in [-0.1, -0.05) is 17.7 Å². The standard InChI is InChI=1S/C13H13ClFNS/c14-12-2-1-9(7-13(12)15)5-11(16)6-10-3-4-17-8-10/h1-4,7-8,11H,5-6,16H2. The molecule has 0 amide bonds. The van der Waals surface area contributed by atoms with Crippen LogP contribution in [0.5, 0.6) is 0 Å². The highest BCUT2D eigenvalue weighted by molar-refractivity contribution is 7.07. The van der Waals surface area contributed by atoms with Crippen LogP contribution in [0.1, 0.15) is 11.1 Å². The number of thiophene rings is 1. The molecule has 0 fully saturated rings. The molecule has 0 radical (unpaired) electrons. The minimum absolute atomic E-state index is 0.00479. The number of halogens is 2. The summed E-state index contributed by atoms with van der Waals surface area (Å²) < 4.78 is 13.2. The van der Waals surface area contributed by atoms with E-state index in [0.717, 1.165) is 12.0 Å². The van der Waals surface area contributed by atoms with Gasteiger partial charge in [-0.25, -0.2) is 4.39 Å². The first-order valence-electron chi connectivity index (χ1n) is 5.36. The molecule has 0 saturated heterocycles. The highest BCUT2D eigenvalue weighted by Gasteiger charge is 2.08. The van der Waals surface area contributed by atoms with Crippen LogP contribution < -0.4 is 5.73 Å². The van der Waals surface area contributed by atoms with E-state index in [1.54, 1.807) is 17.4 Å². The molecule has 0 saturated carbocycles. The molecule has 1 heterocycles. The Kier molecular flexibility index (Phi) is 4.15. The predicted molar refractivity (Wildman–Crippen MR) is 71.1 cm³/mol. The molecule has 1 nitrogen and oxygen atoms in total. The van der Waals surface area contributed by atoms with Crippen molar-refractivity contribution in [1.29, 1.82) is 0 Å². The summed E-state index contributed by atoms with van der Waals surface area (Å²) in [4.78, 5) is 0. The van der Waals surface area contributed by atoms with Crippen molar-refractivity contribution < 1.29 is 4.39 Å². The molecule has 4 heteroatoms. The second kappa shape index (κ2) is 5.63. The Morgan fingerprint density at radius 1 is 1.24 bits per heavy atom.